The minimum atomic E-state index is 0.631. The normalized spacial score (nSPS) is 31.7. The van der Waals surface area contributed by atoms with Crippen molar-refractivity contribution in [1.29, 1.82) is 0 Å². The molecule has 1 aliphatic heterocycles. The lowest BCUT2D eigenvalue weighted by Gasteiger charge is -2.44. The van der Waals surface area contributed by atoms with Gasteiger partial charge in [0.25, 0.3) is 0 Å². The van der Waals surface area contributed by atoms with Gasteiger partial charge in [0.1, 0.15) is 0 Å². The van der Waals surface area contributed by atoms with E-state index in [0.29, 0.717) is 6.04 Å². The van der Waals surface area contributed by atoms with Gasteiger partial charge in [-0.15, -0.1) is 0 Å². The molecule has 0 amide bonds. The van der Waals surface area contributed by atoms with E-state index in [2.05, 4.69) is 24.1 Å². The van der Waals surface area contributed by atoms with Crippen LogP contribution in [0.2, 0.25) is 0 Å². The molecule has 3 nitrogen and oxygen atoms in total. The van der Waals surface area contributed by atoms with E-state index in [1.807, 2.05) is 0 Å². The summed E-state index contributed by atoms with van der Waals surface area (Å²) in [5, 5.41) is 3.67. The summed E-state index contributed by atoms with van der Waals surface area (Å²) in [7, 11) is 0. The second-order valence-corrected chi connectivity index (χ2v) is 5.97. The van der Waals surface area contributed by atoms with E-state index in [0.717, 1.165) is 31.7 Å². The Morgan fingerprint density at radius 3 is 2.72 bits per heavy atom. The molecule has 0 aromatic rings. The third-order valence-corrected chi connectivity index (χ3v) is 4.57. The van der Waals surface area contributed by atoms with Crippen molar-refractivity contribution in [3.05, 3.63) is 0 Å². The van der Waals surface area contributed by atoms with Gasteiger partial charge in [-0.1, -0.05) is 19.3 Å². The predicted molar refractivity (Wildman–Crippen MR) is 75.9 cm³/mol. The summed E-state index contributed by atoms with van der Waals surface area (Å²) in [5.74, 6) is 0.917. The lowest BCUT2D eigenvalue weighted by atomic mass is 9.82. The first-order chi connectivity index (χ1) is 8.81. The molecule has 18 heavy (non-hydrogen) atoms. The van der Waals surface area contributed by atoms with Gasteiger partial charge in [0.05, 0.1) is 6.61 Å². The SMILES string of the molecule is CCOCCN1CC(C)NCC1C1CCCCC1. The lowest BCUT2D eigenvalue weighted by Crippen LogP contribution is -2.58. The number of hydrogen-bond donors (Lipinski definition) is 1. The molecule has 1 saturated carbocycles. The molecule has 3 heteroatoms. The molecule has 1 saturated heterocycles. The molecule has 2 fully saturated rings. The second kappa shape index (κ2) is 7.46. The fourth-order valence-electron chi connectivity index (χ4n) is 3.57. The van der Waals surface area contributed by atoms with Gasteiger partial charge in [-0.2, -0.15) is 0 Å². The predicted octanol–water partition coefficient (Wildman–Crippen LogP) is 2.27. The maximum absolute atomic E-state index is 5.55. The van der Waals surface area contributed by atoms with Crippen LogP contribution < -0.4 is 5.32 Å². The number of nitrogens with one attached hydrogen (secondary N) is 1. The molecule has 1 aliphatic carbocycles. The van der Waals surface area contributed by atoms with Gasteiger partial charge < -0.3 is 10.1 Å². The van der Waals surface area contributed by atoms with E-state index in [9.17, 15) is 0 Å². The summed E-state index contributed by atoms with van der Waals surface area (Å²) in [5.41, 5.74) is 0. The van der Waals surface area contributed by atoms with Crippen LogP contribution in [0.4, 0.5) is 0 Å². The van der Waals surface area contributed by atoms with Crippen LogP contribution in [-0.4, -0.2) is 49.8 Å². The molecular formula is C15H30N2O. The van der Waals surface area contributed by atoms with Crippen molar-refractivity contribution in [2.45, 2.75) is 58.0 Å². The largest absolute Gasteiger partial charge is 0.380 e. The van der Waals surface area contributed by atoms with Crippen molar-refractivity contribution in [1.82, 2.24) is 10.2 Å². The van der Waals surface area contributed by atoms with Gasteiger partial charge in [-0.3, -0.25) is 4.90 Å². The van der Waals surface area contributed by atoms with E-state index in [4.69, 9.17) is 4.74 Å². The highest BCUT2D eigenvalue weighted by atomic mass is 16.5. The molecule has 2 unspecified atom stereocenters. The standard InChI is InChI=1S/C15H30N2O/c1-3-18-10-9-17-12-13(2)16-11-15(17)14-7-5-4-6-8-14/h13-16H,3-12H2,1-2H3. The van der Waals surface area contributed by atoms with Gasteiger partial charge in [0, 0.05) is 38.3 Å². The van der Waals surface area contributed by atoms with Crippen LogP contribution in [0.3, 0.4) is 0 Å². The molecule has 1 N–H and O–H groups in total. The van der Waals surface area contributed by atoms with Gasteiger partial charge in [0.2, 0.25) is 0 Å². The van der Waals surface area contributed by atoms with Gasteiger partial charge in [-0.05, 0) is 32.6 Å². The van der Waals surface area contributed by atoms with E-state index >= 15 is 0 Å². The van der Waals surface area contributed by atoms with Gasteiger partial charge in [0.15, 0.2) is 0 Å². The first-order valence-corrected chi connectivity index (χ1v) is 7.86. The van der Waals surface area contributed by atoms with Crippen molar-refractivity contribution >= 4 is 0 Å². The Balaban J connectivity index is 1.87. The van der Waals surface area contributed by atoms with Crippen LogP contribution >= 0.6 is 0 Å². The molecule has 0 aromatic heterocycles. The number of hydrogen-bond acceptors (Lipinski definition) is 3. The molecule has 106 valence electrons. The minimum absolute atomic E-state index is 0.631. The van der Waals surface area contributed by atoms with E-state index < -0.39 is 0 Å². The number of ether oxygens (including phenoxy) is 1. The zero-order valence-electron chi connectivity index (χ0n) is 12.2. The maximum Gasteiger partial charge on any atom is 0.0593 e. The average Bonchev–Trinajstić information content (AvgIpc) is 2.40. The number of nitrogens with zero attached hydrogens (tertiary/aromatic N) is 1. The minimum Gasteiger partial charge on any atom is -0.380 e. The van der Waals surface area contributed by atoms with Crippen molar-refractivity contribution in [2.75, 3.05) is 32.8 Å². The molecule has 0 radical (unpaired) electrons. The Labute approximate surface area is 112 Å². The van der Waals surface area contributed by atoms with Crippen LogP contribution in [-0.2, 0) is 4.74 Å². The Bertz CT molecular complexity index is 229. The van der Waals surface area contributed by atoms with Gasteiger partial charge in [-0.25, -0.2) is 0 Å². The van der Waals surface area contributed by atoms with Gasteiger partial charge >= 0.3 is 0 Å². The quantitative estimate of drug-likeness (QED) is 0.762. The zero-order valence-corrected chi connectivity index (χ0v) is 12.2. The molecule has 0 spiro atoms. The summed E-state index contributed by atoms with van der Waals surface area (Å²) in [6, 6.07) is 1.38. The second-order valence-electron chi connectivity index (χ2n) is 5.97. The molecule has 1 heterocycles. The van der Waals surface area contributed by atoms with E-state index in [1.165, 1.54) is 45.2 Å². The fraction of sp³-hybridized carbons (Fsp3) is 1.00. The monoisotopic (exact) mass is 254 g/mol. The first kappa shape index (κ1) is 14.3. The highest BCUT2D eigenvalue weighted by molar-refractivity contribution is 4.89. The van der Waals surface area contributed by atoms with Crippen molar-refractivity contribution < 1.29 is 4.74 Å². The van der Waals surface area contributed by atoms with Crippen molar-refractivity contribution in [3.8, 4) is 0 Å². The van der Waals surface area contributed by atoms with Crippen LogP contribution in [0, 0.1) is 5.92 Å². The number of piperazine rings is 1. The third kappa shape index (κ3) is 3.94. The molecule has 0 aromatic carbocycles. The van der Waals surface area contributed by atoms with E-state index in [-0.39, 0.29) is 0 Å². The number of rotatable bonds is 5. The summed E-state index contributed by atoms with van der Waals surface area (Å²) in [6.45, 7) is 9.60. The molecular weight excluding hydrogens is 224 g/mol. The van der Waals surface area contributed by atoms with Crippen LogP contribution in [0.1, 0.15) is 46.0 Å². The third-order valence-electron chi connectivity index (χ3n) is 4.57. The summed E-state index contributed by atoms with van der Waals surface area (Å²) >= 11 is 0. The van der Waals surface area contributed by atoms with E-state index in [1.54, 1.807) is 0 Å². The average molecular weight is 254 g/mol. The maximum atomic E-state index is 5.55. The lowest BCUT2D eigenvalue weighted by molar-refractivity contribution is 0.0414. The highest BCUT2D eigenvalue weighted by Crippen LogP contribution is 2.30. The first-order valence-electron chi connectivity index (χ1n) is 7.86. The summed E-state index contributed by atoms with van der Waals surface area (Å²) in [6.07, 6.45) is 7.20. The Morgan fingerprint density at radius 2 is 2.00 bits per heavy atom. The van der Waals surface area contributed by atoms with Crippen LogP contribution in [0.5, 0.6) is 0 Å². The highest BCUT2D eigenvalue weighted by Gasteiger charge is 2.32. The molecule has 2 aliphatic rings. The Kier molecular flexibility index (Phi) is 5.93. The topological polar surface area (TPSA) is 24.5 Å². The van der Waals surface area contributed by atoms with Crippen molar-refractivity contribution in [3.63, 3.8) is 0 Å². The smallest absolute Gasteiger partial charge is 0.0593 e. The van der Waals surface area contributed by atoms with Crippen molar-refractivity contribution in [2.24, 2.45) is 5.92 Å². The molecule has 2 atom stereocenters. The summed E-state index contributed by atoms with van der Waals surface area (Å²) < 4.78 is 5.55. The molecule has 0 bridgehead atoms. The Hall–Kier alpha value is -0.120. The summed E-state index contributed by atoms with van der Waals surface area (Å²) in [4.78, 5) is 2.69. The fourth-order valence-corrected chi connectivity index (χ4v) is 3.57. The zero-order chi connectivity index (χ0) is 12.8. The van der Waals surface area contributed by atoms with Crippen LogP contribution in [0.15, 0.2) is 0 Å². The molecule has 2 rings (SSSR count). The van der Waals surface area contributed by atoms with Crippen LogP contribution in [0.25, 0.3) is 0 Å². The Morgan fingerprint density at radius 1 is 1.22 bits per heavy atom.